The Morgan fingerprint density at radius 3 is 2.40 bits per heavy atom. The monoisotopic (exact) mass is 223 g/mol. The molecule has 5 heteroatoms. The van der Waals surface area contributed by atoms with E-state index in [9.17, 15) is 14.7 Å². The maximum Gasteiger partial charge on any atom is 0.234 e. The smallest absolute Gasteiger partial charge is 0.234 e. The molecule has 15 heavy (non-hydrogen) atoms. The molecule has 78 valence electrons. The van der Waals surface area contributed by atoms with Crippen LogP contribution in [0.5, 0.6) is 5.75 Å². The fourth-order valence-electron chi connectivity index (χ4n) is 1.55. The molecule has 0 unspecified atom stereocenters. The Labute approximate surface area is 91.9 Å². The Morgan fingerprint density at radius 1 is 1.20 bits per heavy atom. The van der Waals surface area contributed by atoms with E-state index in [-0.39, 0.29) is 35.3 Å². The van der Waals surface area contributed by atoms with E-state index in [0.717, 1.165) is 4.90 Å². The molecule has 1 aliphatic heterocycles. The minimum Gasteiger partial charge on any atom is -0.507 e. The highest BCUT2D eigenvalue weighted by molar-refractivity contribution is 7.80. The molecule has 1 N–H and O–H groups in total. The van der Waals surface area contributed by atoms with E-state index in [1.165, 1.54) is 6.07 Å². The number of carbonyl (C=O) groups is 2. The van der Waals surface area contributed by atoms with Crippen LogP contribution in [0.15, 0.2) is 23.1 Å². The van der Waals surface area contributed by atoms with Gasteiger partial charge in [0.2, 0.25) is 11.8 Å². The Hall–Kier alpha value is -1.49. The number of hydrogen-bond acceptors (Lipinski definition) is 4. The number of carbonyl (C=O) groups excluding carboxylic acids is 2. The van der Waals surface area contributed by atoms with Crippen LogP contribution in [0, 0.1) is 0 Å². The number of benzene rings is 1. The molecule has 4 nitrogen and oxygen atoms in total. The van der Waals surface area contributed by atoms with Crippen molar-refractivity contribution < 1.29 is 14.7 Å². The van der Waals surface area contributed by atoms with Gasteiger partial charge in [0, 0.05) is 12.8 Å². The average molecular weight is 223 g/mol. The molecule has 1 aromatic rings. The molecule has 2 amide bonds. The number of amides is 2. The summed E-state index contributed by atoms with van der Waals surface area (Å²) in [7, 11) is 0. The topological polar surface area (TPSA) is 57.6 Å². The van der Waals surface area contributed by atoms with Gasteiger partial charge in [-0.2, -0.15) is 0 Å². The number of nitrogens with zero attached hydrogens (tertiary/aromatic N) is 1. The standard InChI is InChI=1S/C10H9NO3S/c12-7-3-1-2-6(10(7)15)11-8(13)4-5-9(11)14/h1-3,12,15H,4-5H2. The third-order valence-electron chi connectivity index (χ3n) is 2.29. The molecular formula is C10H9NO3S. The highest BCUT2D eigenvalue weighted by atomic mass is 32.1. The van der Waals surface area contributed by atoms with Crippen molar-refractivity contribution in [2.24, 2.45) is 0 Å². The first-order valence-corrected chi connectivity index (χ1v) is 4.92. The molecule has 1 heterocycles. The van der Waals surface area contributed by atoms with Crippen molar-refractivity contribution >= 4 is 30.1 Å². The summed E-state index contributed by atoms with van der Waals surface area (Å²) < 4.78 is 0. The number of anilines is 1. The number of phenolic OH excluding ortho intramolecular Hbond substituents is 1. The number of hydrogen-bond donors (Lipinski definition) is 2. The molecular weight excluding hydrogens is 214 g/mol. The van der Waals surface area contributed by atoms with Gasteiger partial charge in [-0.25, -0.2) is 4.90 Å². The highest BCUT2D eigenvalue weighted by Gasteiger charge is 2.31. The molecule has 0 bridgehead atoms. The van der Waals surface area contributed by atoms with Crippen LogP contribution >= 0.6 is 12.6 Å². The Kier molecular flexibility index (Phi) is 2.40. The van der Waals surface area contributed by atoms with Gasteiger partial charge in [-0.15, -0.1) is 12.6 Å². The summed E-state index contributed by atoms with van der Waals surface area (Å²) in [6.45, 7) is 0. The fraction of sp³-hybridized carbons (Fsp3) is 0.200. The van der Waals surface area contributed by atoms with Gasteiger partial charge in [0.25, 0.3) is 0 Å². The van der Waals surface area contributed by atoms with Gasteiger partial charge in [0.15, 0.2) is 0 Å². The Morgan fingerprint density at radius 2 is 1.80 bits per heavy atom. The van der Waals surface area contributed by atoms with E-state index in [1.54, 1.807) is 12.1 Å². The number of phenols is 1. The van der Waals surface area contributed by atoms with Crippen molar-refractivity contribution in [2.75, 3.05) is 4.90 Å². The second-order valence-electron chi connectivity index (χ2n) is 3.27. The molecule has 0 atom stereocenters. The van der Waals surface area contributed by atoms with E-state index in [2.05, 4.69) is 12.6 Å². The van der Waals surface area contributed by atoms with Crippen molar-refractivity contribution in [3.05, 3.63) is 18.2 Å². The lowest BCUT2D eigenvalue weighted by Crippen LogP contribution is -2.28. The zero-order valence-electron chi connectivity index (χ0n) is 7.80. The second-order valence-corrected chi connectivity index (χ2v) is 3.71. The van der Waals surface area contributed by atoms with Crippen LogP contribution < -0.4 is 4.90 Å². The zero-order chi connectivity index (χ0) is 11.0. The number of rotatable bonds is 1. The first-order valence-electron chi connectivity index (χ1n) is 4.48. The van der Waals surface area contributed by atoms with Crippen LogP contribution in [0.2, 0.25) is 0 Å². The van der Waals surface area contributed by atoms with E-state index in [4.69, 9.17) is 0 Å². The second kappa shape index (κ2) is 3.58. The van der Waals surface area contributed by atoms with Crippen LogP contribution in [-0.4, -0.2) is 16.9 Å². The molecule has 0 saturated carbocycles. The largest absolute Gasteiger partial charge is 0.507 e. The number of thiol groups is 1. The molecule has 0 spiro atoms. The average Bonchev–Trinajstić information content (AvgIpc) is 2.52. The van der Waals surface area contributed by atoms with Crippen molar-refractivity contribution in [3.8, 4) is 5.75 Å². The predicted octanol–water partition coefficient (Wildman–Crippen LogP) is 1.33. The van der Waals surface area contributed by atoms with Crippen LogP contribution in [-0.2, 0) is 9.59 Å². The summed E-state index contributed by atoms with van der Waals surface area (Å²) in [5, 5.41) is 9.41. The van der Waals surface area contributed by atoms with Gasteiger partial charge < -0.3 is 5.11 Å². The lowest BCUT2D eigenvalue weighted by Gasteiger charge is -2.16. The molecule has 1 aliphatic rings. The minimum absolute atomic E-state index is 0.0386. The lowest BCUT2D eigenvalue weighted by molar-refractivity contribution is -0.121. The van der Waals surface area contributed by atoms with Gasteiger partial charge in [-0.3, -0.25) is 9.59 Å². The molecule has 0 radical (unpaired) electrons. The summed E-state index contributed by atoms with van der Waals surface area (Å²) in [5.41, 5.74) is 0.353. The normalized spacial score (nSPS) is 16.2. The summed E-state index contributed by atoms with van der Waals surface area (Å²) in [5.74, 6) is -0.537. The highest BCUT2D eigenvalue weighted by Crippen LogP contribution is 2.34. The van der Waals surface area contributed by atoms with E-state index >= 15 is 0 Å². The first kappa shape index (κ1) is 10.0. The van der Waals surface area contributed by atoms with Gasteiger partial charge in [-0.05, 0) is 12.1 Å². The number of imide groups is 1. The summed E-state index contributed by atoms with van der Waals surface area (Å²) in [6, 6.07) is 4.61. The quantitative estimate of drug-likeness (QED) is 0.558. The van der Waals surface area contributed by atoms with E-state index < -0.39 is 0 Å². The number of aromatic hydroxyl groups is 1. The maximum atomic E-state index is 11.4. The zero-order valence-corrected chi connectivity index (χ0v) is 8.70. The van der Waals surface area contributed by atoms with Crippen molar-refractivity contribution in [1.82, 2.24) is 0 Å². The maximum absolute atomic E-state index is 11.4. The van der Waals surface area contributed by atoms with Crippen LogP contribution in [0.25, 0.3) is 0 Å². The SMILES string of the molecule is O=C1CCC(=O)N1c1cccc(O)c1S. The van der Waals surface area contributed by atoms with Crippen LogP contribution in [0.3, 0.4) is 0 Å². The summed E-state index contributed by atoms with van der Waals surface area (Å²) in [4.78, 5) is 24.2. The molecule has 1 fully saturated rings. The summed E-state index contributed by atoms with van der Waals surface area (Å²) >= 11 is 4.07. The van der Waals surface area contributed by atoms with Crippen LogP contribution in [0.4, 0.5) is 5.69 Å². The molecule has 0 aliphatic carbocycles. The molecule has 2 rings (SSSR count). The third-order valence-corrected chi connectivity index (χ3v) is 2.74. The molecule has 1 saturated heterocycles. The van der Waals surface area contributed by atoms with Gasteiger partial charge in [0.1, 0.15) is 5.75 Å². The van der Waals surface area contributed by atoms with Gasteiger partial charge in [0.05, 0.1) is 10.6 Å². The van der Waals surface area contributed by atoms with E-state index in [0.29, 0.717) is 5.69 Å². The predicted molar refractivity (Wildman–Crippen MR) is 57.1 cm³/mol. The molecule has 0 aromatic heterocycles. The van der Waals surface area contributed by atoms with Crippen LogP contribution in [0.1, 0.15) is 12.8 Å². The van der Waals surface area contributed by atoms with Crippen molar-refractivity contribution in [3.63, 3.8) is 0 Å². The minimum atomic E-state index is -0.249. The lowest BCUT2D eigenvalue weighted by atomic mass is 10.2. The van der Waals surface area contributed by atoms with Gasteiger partial charge in [-0.1, -0.05) is 6.07 Å². The third kappa shape index (κ3) is 1.59. The Bertz CT molecular complexity index is 428. The van der Waals surface area contributed by atoms with E-state index in [1.807, 2.05) is 0 Å². The summed E-state index contributed by atoms with van der Waals surface area (Å²) in [6.07, 6.45) is 0.448. The van der Waals surface area contributed by atoms with Crippen molar-refractivity contribution in [2.45, 2.75) is 17.7 Å². The first-order chi connectivity index (χ1) is 7.11. The fourth-order valence-corrected chi connectivity index (χ4v) is 1.79. The molecule has 1 aromatic carbocycles. The van der Waals surface area contributed by atoms with Crippen molar-refractivity contribution in [1.29, 1.82) is 0 Å². The Balaban J connectivity index is 2.49. The van der Waals surface area contributed by atoms with Gasteiger partial charge >= 0.3 is 0 Å².